The standard InChI is InChI=1S/C11H20N2O2S/c1-8-6-13(7-10(8)12)16(14,15)9-4-11(5-9)2-3-11/h8-10H,2-7,12H2,1H3. The Hall–Kier alpha value is -0.130. The minimum Gasteiger partial charge on any atom is -0.326 e. The van der Waals surface area contributed by atoms with Crippen LogP contribution in [-0.2, 0) is 10.0 Å². The van der Waals surface area contributed by atoms with Crippen LogP contribution in [0.3, 0.4) is 0 Å². The van der Waals surface area contributed by atoms with Gasteiger partial charge in [0.1, 0.15) is 0 Å². The number of nitrogens with two attached hydrogens (primary N) is 1. The molecule has 92 valence electrons. The van der Waals surface area contributed by atoms with Crippen LogP contribution in [0.15, 0.2) is 0 Å². The van der Waals surface area contributed by atoms with E-state index in [4.69, 9.17) is 5.73 Å². The Morgan fingerprint density at radius 3 is 2.31 bits per heavy atom. The van der Waals surface area contributed by atoms with Crippen molar-refractivity contribution in [2.45, 2.75) is 43.9 Å². The Labute approximate surface area is 97.2 Å². The fourth-order valence-electron chi connectivity index (χ4n) is 3.07. The summed E-state index contributed by atoms with van der Waals surface area (Å²) in [6.45, 7) is 3.17. The number of sulfonamides is 1. The lowest BCUT2D eigenvalue weighted by Crippen LogP contribution is -2.45. The van der Waals surface area contributed by atoms with Crippen molar-refractivity contribution < 1.29 is 8.42 Å². The number of rotatable bonds is 2. The van der Waals surface area contributed by atoms with Gasteiger partial charge in [-0.05, 0) is 37.0 Å². The summed E-state index contributed by atoms with van der Waals surface area (Å²) in [6, 6.07) is 0.0183. The van der Waals surface area contributed by atoms with Crippen molar-refractivity contribution >= 4 is 10.0 Å². The molecule has 0 bridgehead atoms. The van der Waals surface area contributed by atoms with E-state index in [1.807, 2.05) is 6.92 Å². The minimum absolute atomic E-state index is 0.0183. The van der Waals surface area contributed by atoms with E-state index in [9.17, 15) is 8.42 Å². The molecule has 1 saturated heterocycles. The number of nitrogens with zero attached hydrogens (tertiary/aromatic N) is 1. The monoisotopic (exact) mass is 244 g/mol. The second-order valence-electron chi connectivity index (χ2n) is 6.03. The Morgan fingerprint density at radius 2 is 1.88 bits per heavy atom. The first kappa shape index (κ1) is 11.0. The van der Waals surface area contributed by atoms with E-state index in [1.165, 1.54) is 12.8 Å². The molecule has 1 spiro atoms. The van der Waals surface area contributed by atoms with Crippen LogP contribution in [0.2, 0.25) is 0 Å². The summed E-state index contributed by atoms with van der Waals surface area (Å²) in [6.07, 6.45) is 4.29. The van der Waals surface area contributed by atoms with E-state index in [1.54, 1.807) is 4.31 Å². The topological polar surface area (TPSA) is 63.4 Å². The van der Waals surface area contributed by atoms with Gasteiger partial charge in [-0.15, -0.1) is 0 Å². The van der Waals surface area contributed by atoms with Crippen molar-refractivity contribution in [3.8, 4) is 0 Å². The van der Waals surface area contributed by atoms with Gasteiger partial charge in [0.05, 0.1) is 5.25 Å². The third-order valence-corrected chi connectivity index (χ3v) is 6.89. The minimum atomic E-state index is -3.05. The van der Waals surface area contributed by atoms with Gasteiger partial charge >= 0.3 is 0 Å². The average molecular weight is 244 g/mol. The Morgan fingerprint density at radius 1 is 1.25 bits per heavy atom. The van der Waals surface area contributed by atoms with Gasteiger partial charge < -0.3 is 5.73 Å². The molecule has 0 aromatic heterocycles. The molecule has 2 unspecified atom stereocenters. The summed E-state index contributed by atoms with van der Waals surface area (Å²) in [7, 11) is -3.05. The van der Waals surface area contributed by atoms with E-state index >= 15 is 0 Å². The predicted octanol–water partition coefficient (Wildman–Crippen LogP) is 0.538. The molecule has 0 aromatic carbocycles. The summed E-state index contributed by atoms with van der Waals surface area (Å²) in [5.41, 5.74) is 6.33. The van der Waals surface area contributed by atoms with E-state index < -0.39 is 10.0 Å². The molecule has 0 aromatic rings. The Bertz CT molecular complexity index is 384. The molecule has 3 rings (SSSR count). The van der Waals surface area contributed by atoms with Gasteiger partial charge in [-0.25, -0.2) is 8.42 Å². The van der Waals surface area contributed by atoms with Crippen LogP contribution in [0.4, 0.5) is 0 Å². The number of hydrogen-bond acceptors (Lipinski definition) is 3. The van der Waals surface area contributed by atoms with Crippen molar-refractivity contribution in [2.75, 3.05) is 13.1 Å². The molecule has 0 amide bonds. The van der Waals surface area contributed by atoms with E-state index in [0.29, 0.717) is 24.4 Å². The maximum atomic E-state index is 12.3. The SMILES string of the molecule is CC1CN(S(=O)(=O)C2CC3(CC3)C2)CC1N. The van der Waals surface area contributed by atoms with Crippen molar-refractivity contribution in [1.29, 1.82) is 0 Å². The molecule has 3 fully saturated rings. The van der Waals surface area contributed by atoms with Crippen molar-refractivity contribution in [3.05, 3.63) is 0 Å². The fraction of sp³-hybridized carbons (Fsp3) is 1.00. The first-order valence-corrected chi connectivity index (χ1v) is 7.68. The van der Waals surface area contributed by atoms with Crippen LogP contribution in [0.5, 0.6) is 0 Å². The largest absolute Gasteiger partial charge is 0.326 e. The molecule has 4 nitrogen and oxygen atoms in total. The highest BCUT2D eigenvalue weighted by molar-refractivity contribution is 7.89. The molecule has 3 aliphatic rings. The lowest BCUT2D eigenvalue weighted by molar-refractivity contribution is 0.278. The first-order valence-electron chi connectivity index (χ1n) is 6.18. The van der Waals surface area contributed by atoms with Gasteiger partial charge in [0.25, 0.3) is 0 Å². The molecule has 2 atom stereocenters. The van der Waals surface area contributed by atoms with Gasteiger partial charge in [-0.2, -0.15) is 4.31 Å². The van der Waals surface area contributed by atoms with Gasteiger partial charge in [-0.1, -0.05) is 6.92 Å². The lowest BCUT2D eigenvalue weighted by atomic mass is 9.81. The summed E-state index contributed by atoms with van der Waals surface area (Å²) in [5, 5.41) is -0.104. The van der Waals surface area contributed by atoms with Crippen molar-refractivity contribution in [3.63, 3.8) is 0 Å². The fourth-order valence-corrected chi connectivity index (χ4v) is 5.44. The van der Waals surface area contributed by atoms with E-state index in [2.05, 4.69) is 0 Å². The van der Waals surface area contributed by atoms with Gasteiger partial charge in [0, 0.05) is 19.1 Å². The Kier molecular flexibility index (Phi) is 2.20. The van der Waals surface area contributed by atoms with Crippen LogP contribution in [-0.4, -0.2) is 37.1 Å². The maximum absolute atomic E-state index is 12.3. The van der Waals surface area contributed by atoms with Crippen LogP contribution in [0, 0.1) is 11.3 Å². The first-order chi connectivity index (χ1) is 7.43. The zero-order chi connectivity index (χ0) is 11.6. The molecule has 0 radical (unpaired) electrons. The normalized spacial score (nSPS) is 38.9. The summed E-state index contributed by atoms with van der Waals surface area (Å²) >= 11 is 0. The summed E-state index contributed by atoms with van der Waals surface area (Å²) in [4.78, 5) is 0. The summed E-state index contributed by atoms with van der Waals surface area (Å²) in [5.74, 6) is 0.296. The molecular formula is C11H20N2O2S. The maximum Gasteiger partial charge on any atom is 0.217 e. The highest BCUT2D eigenvalue weighted by Gasteiger charge is 2.58. The van der Waals surface area contributed by atoms with Crippen molar-refractivity contribution in [1.82, 2.24) is 4.31 Å². The molecule has 16 heavy (non-hydrogen) atoms. The van der Waals surface area contributed by atoms with Gasteiger partial charge in [0.15, 0.2) is 0 Å². The second kappa shape index (κ2) is 3.21. The molecule has 1 heterocycles. The third kappa shape index (κ3) is 1.52. The molecular weight excluding hydrogens is 224 g/mol. The summed E-state index contributed by atoms with van der Waals surface area (Å²) < 4.78 is 26.2. The van der Waals surface area contributed by atoms with Crippen LogP contribution < -0.4 is 5.73 Å². The zero-order valence-corrected chi connectivity index (χ0v) is 10.5. The van der Waals surface area contributed by atoms with Crippen molar-refractivity contribution in [2.24, 2.45) is 17.1 Å². The lowest BCUT2D eigenvalue weighted by Gasteiger charge is -2.37. The molecule has 2 N–H and O–H groups in total. The van der Waals surface area contributed by atoms with E-state index in [-0.39, 0.29) is 11.3 Å². The quantitative estimate of drug-likeness (QED) is 0.771. The van der Waals surface area contributed by atoms with Gasteiger partial charge in [-0.3, -0.25) is 0 Å². The highest BCUT2D eigenvalue weighted by Crippen LogP contribution is 2.62. The Balaban J connectivity index is 1.69. The van der Waals surface area contributed by atoms with Crippen LogP contribution in [0.25, 0.3) is 0 Å². The van der Waals surface area contributed by atoms with Crippen LogP contribution in [0.1, 0.15) is 32.6 Å². The van der Waals surface area contributed by atoms with Gasteiger partial charge in [0.2, 0.25) is 10.0 Å². The molecule has 2 aliphatic carbocycles. The average Bonchev–Trinajstić information content (AvgIpc) is 2.87. The third-order valence-electron chi connectivity index (χ3n) is 4.70. The predicted molar refractivity (Wildman–Crippen MR) is 62.3 cm³/mol. The molecule has 2 saturated carbocycles. The zero-order valence-electron chi connectivity index (χ0n) is 9.72. The number of hydrogen-bond donors (Lipinski definition) is 1. The molecule has 1 aliphatic heterocycles. The van der Waals surface area contributed by atoms with E-state index in [0.717, 1.165) is 12.8 Å². The molecule has 5 heteroatoms. The van der Waals surface area contributed by atoms with Crippen LogP contribution >= 0.6 is 0 Å². The smallest absolute Gasteiger partial charge is 0.217 e. The second-order valence-corrected chi connectivity index (χ2v) is 8.25. The highest BCUT2D eigenvalue weighted by atomic mass is 32.2.